The minimum Gasteiger partial charge on any atom is -0.550 e. The number of hydrogen-bond donors (Lipinski definition) is 0. The Balaban J connectivity index is -0.000000980. The number of amides is 1. The van der Waals surface area contributed by atoms with Crippen LogP contribution in [0.25, 0.3) is 0 Å². The zero-order chi connectivity index (χ0) is 12.0. The van der Waals surface area contributed by atoms with Gasteiger partial charge in [0.1, 0.15) is 0 Å². The molecule has 0 N–H and O–H groups in total. The first-order chi connectivity index (χ1) is 6.90. The van der Waals surface area contributed by atoms with E-state index < -0.39 is 30.3 Å². The molecule has 0 aliphatic rings. The molecule has 0 heterocycles. The third-order valence-electron chi connectivity index (χ3n) is 1.88. The van der Waals surface area contributed by atoms with Gasteiger partial charge in [-0.15, -0.1) is 0 Å². The molecule has 0 rings (SSSR count). The molecule has 0 aromatic heterocycles. The number of carboxylic acid groups (broad SMARTS) is 2. The van der Waals surface area contributed by atoms with Crippen molar-refractivity contribution in [1.29, 1.82) is 0 Å². The van der Waals surface area contributed by atoms with E-state index in [-0.39, 0.29) is 44.1 Å². The van der Waals surface area contributed by atoms with Gasteiger partial charge in [0, 0.05) is 13.0 Å². The molecule has 1 atom stereocenters. The standard InChI is InChI=1S/C9H13NO5.2Li/c1-3-7(11)10(2)6(9(14)15)4-5-8(12)13;;/h3,6H,1,4-5H2,2H3,(H,12,13)(H,14,15);;/q;2*+1/p-2/t6-;;/m0../s1. The summed E-state index contributed by atoms with van der Waals surface area (Å²) in [7, 11) is 1.24. The van der Waals surface area contributed by atoms with Crippen LogP contribution in [0.2, 0.25) is 0 Å². The Morgan fingerprint density at radius 2 is 1.76 bits per heavy atom. The molecule has 0 saturated carbocycles. The maximum absolute atomic E-state index is 11.1. The third-order valence-corrected chi connectivity index (χ3v) is 1.88. The summed E-state index contributed by atoms with van der Waals surface area (Å²) in [5.41, 5.74) is 0. The number of carbonyl (C=O) groups is 3. The van der Waals surface area contributed by atoms with E-state index in [0.717, 1.165) is 11.0 Å². The molecule has 0 aliphatic heterocycles. The SMILES string of the molecule is C=CC(=O)N(C)[C@@H](CCC(=O)[O-])C(=O)[O-].[Li+].[Li+]. The number of hydrogen-bond acceptors (Lipinski definition) is 5. The van der Waals surface area contributed by atoms with E-state index >= 15 is 0 Å². The van der Waals surface area contributed by atoms with Crippen molar-refractivity contribution < 1.29 is 62.3 Å². The van der Waals surface area contributed by atoms with Crippen LogP contribution in [0, 0.1) is 0 Å². The normalized spacial score (nSPS) is 10.2. The van der Waals surface area contributed by atoms with Gasteiger partial charge in [-0.2, -0.15) is 0 Å². The van der Waals surface area contributed by atoms with E-state index in [9.17, 15) is 24.6 Å². The van der Waals surface area contributed by atoms with Crippen molar-refractivity contribution in [3.8, 4) is 0 Å². The van der Waals surface area contributed by atoms with Gasteiger partial charge in [-0.1, -0.05) is 6.58 Å². The van der Waals surface area contributed by atoms with Crippen molar-refractivity contribution in [3.05, 3.63) is 12.7 Å². The Kier molecular flexibility index (Phi) is 13.3. The van der Waals surface area contributed by atoms with Crippen LogP contribution >= 0.6 is 0 Å². The molecular formula is C9H11Li2NO5. The van der Waals surface area contributed by atoms with E-state index in [1.807, 2.05) is 0 Å². The molecule has 0 radical (unpaired) electrons. The Hall–Kier alpha value is -0.655. The fraction of sp³-hybridized carbons (Fsp3) is 0.444. The first kappa shape index (κ1) is 21.6. The number of likely N-dealkylation sites (N-methyl/N-ethyl adjacent to an activating group) is 1. The Morgan fingerprint density at radius 1 is 1.29 bits per heavy atom. The molecule has 0 bridgehead atoms. The van der Waals surface area contributed by atoms with Gasteiger partial charge in [0.25, 0.3) is 0 Å². The second-order valence-corrected chi connectivity index (χ2v) is 2.90. The van der Waals surface area contributed by atoms with Crippen molar-refractivity contribution in [2.75, 3.05) is 7.05 Å². The molecule has 8 heteroatoms. The molecule has 0 fully saturated rings. The molecule has 0 unspecified atom stereocenters. The molecule has 1 amide bonds. The van der Waals surface area contributed by atoms with Crippen LogP contribution in [-0.2, 0) is 14.4 Å². The monoisotopic (exact) mass is 227 g/mol. The average molecular weight is 227 g/mol. The minimum atomic E-state index is -1.51. The van der Waals surface area contributed by atoms with Gasteiger partial charge in [0.05, 0.1) is 12.0 Å². The van der Waals surface area contributed by atoms with Gasteiger partial charge in [-0.25, -0.2) is 0 Å². The Morgan fingerprint density at radius 3 is 2.06 bits per heavy atom. The van der Waals surface area contributed by atoms with Crippen molar-refractivity contribution in [2.45, 2.75) is 18.9 Å². The van der Waals surface area contributed by atoms with Crippen LogP contribution in [0.5, 0.6) is 0 Å². The molecule has 0 spiro atoms. The molecular weight excluding hydrogens is 216 g/mol. The molecule has 0 aromatic carbocycles. The van der Waals surface area contributed by atoms with E-state index in [1.54, 1.807) is 0 Å². The van der Waals surface area contributed by atoms with Crippen LogP contribution in [0.3, 0.4) is 0 Å². The largest absolute Gasteiger partial charge is 1.00 e. The number of carboxylic acids is 2. The second kappa shape index (κ2) is 10.5. The van der Waals surface area contributed by atoms with E-state index in [1.165, 1.54) is 7.05 Å². The summed E-state index contributed by atoms with van der Waals surface area (Å²) < 4.78 is 0. The maximum Gasteiger partial charge on any atom is 1.00 e. The van der Waals surface area contributed by atoms with Crippen molar-refractivity contribution in [2.24, 2.45) is 0 Å². The first-order valence-corrected chi connectivity index (χ1v) is 4.20. The Bertz CT molecular complexity index is 295. The second-order valence-electron chi connectivity index (χ2n) is 2.90. The zero-order valence-electron chi connectivity index (χ0n) is 10.3. The van der Waals surface area contributed by atoms with Gasteiger partial charge in [0.15, 0.2) is 0 Å². The maximum atomic E-state index is 11.1. The van der Waals surface area contributed by atoms with Crippen LogP contribution in [0.4, 0.5) is 0 Å². The van der Waals surface area contributed by atoms with Crippen molar-refractivity contribution in [1.82, 2.24) is 4.90 Å². The smallest absolute Gasteiger partial charge is 0.550 e. The molecule has 17 heavy (non-hydrogen) atoms. The summed E-state index contributed by atoms with van der Waals surface area (Å²) in [6, 6.07) is -1.28. The van der Waals surface area contributed by atoms with Gasteiger partial charge < -0.3 is 24.7 Å². The van der Waals surface area contributed by atoms with Gasteiger partial charge in [0.2, 0.25) is 5.91 Å². The van der Waals surface area contributed by atoms with Crippen molar-refractivity contribution >= 4 is 17.8 Å². The molecule has 0 saturated heterocycles. The number of aliphatic carboxylic acids is 2. The quantitative estimate of drug-likeness (QED) is 0.331. The zero-order valence-corrected chi connectivity index (χ0v) is 10.3. The summed E-state index contributed by atoms with van der Waals surface area (Å²) in [6.07, 6.45) is 0.239. The predicted molar refractivity (Wildman–Crippen MR) is 46.0 cm³/mol. The summed E-state index contributed by atoms with van der Waals surface area (Å²) in [5.74, 6) is -3.49. The van der Waals surface area contributed by atoms with Crippen LogP contribution in [-0.4, -0.2) is 35.8 Å². The minimum absolute atomic E-state index is 0. The van der Waals surface area contributed by atoms with Crippen molar-refractivity contribution in [3.63, 3.8) is 0 Å². The molecule has 84 valence electrons. The topological polar surface area (TPSA) is 101 Å². The number of carbonyl (C=O) groups excluding carboxylic acids is 3. The summed E-state index contributed by atoms with van der Waals surface area (Å²) in [4.78, 5) is 32.7. The first-order valence-electron chi connectivity index (χ1n) is 4.20. The van der Waals surface area contributed by atoms with E-state index in [2.05, 4.69) is 6.58 Å². The fourth-order valence-electron chi connectivity index (χ4n) is 1.02. The summed E-state index contributed by atoms with van der Waals surface area (Å²) in [5, 5.41) is 20.8. The Labute approximate surface area is 123 Å². The number of rotatable bonds is 6. The summed E-state index contributed by atoms with van der Waals surface area (Å²) >= 11 is 0. The van der Waals surface area contributed by atoms with Crippen LogP contribution in [0.1, 0.15) is 12.8 Å². The molecule has 0 aliphatic carbocycles. The average Bonchev–Trinajstić information content (AvgIpc) is 2.15. The molecule has 0 aromatic rings. The van der Waals surface area contributed by atoms with Gasteiger partial charge in [-0.05, 0) is 18.9 Å². The van der Waals surface area contributed by atoms with E-state index in [0.29, 0.717) is 0 Å². The van der Waals surface area contributed by atoms with E-state index in [4.69, 9.17) is 0 Å². The van der Waals surface area contributed by atoms with Crippen LogP contribution in [0.15, 0.2) is 12.7 Å². The third kappa shape index (κ3) is 8.12. The predicted octanol–water partition coefficient (Wildman–Crippen LogP) is -8.71. The number of nitrogens with zero attached hydrogens (tertiary/aromatic N) is 1. The van der Waals surface area contributed by atoms with Gasteiger partial charge in [-0.3, -0.25) is 4.79 Å². The van der Waals surface area contributed by atoms with Gasteiger partial charge >= 0.3 is 37.7 Å². The fourth-order valence-corrected chi connectivity index (χ4v) is 1.02. The van der Waals surface area contributed by atoms with Crippen LogP contribution < -0.4 is 47.9 Å². The summed E-state index contributed by atoms with van der Waals surface area (Å²) in [6.45, 7) is 3.19. The molecule has 6 nitrogen and oxygen atoms in total.